The molecule has 0 spiro atoms. The predicted octanol–water partition coefficient (Wildman–Crippen LogP) is 11.8. The van der Waals surface area contributed by atoms with Gasteiger partial charge in [0.05, 0.1) is 11.0 Å². The van der Waals surface area contributed by atoms with Gasteiger partial charge >= 0.3 is 0 Å². The van der Waals surface area contributed by atoms with E-state index < -0.39 is 0 Å². The summed E-state index contributed by atoms with van der Waals surface area (Å²) in [6, 6.07) is 58.4. The normalized spacial score (nSPS) is 13.7. The van der Waals surface area contributed by atoms with Gasteiger partial charge in [-0.05, 0) is 46.0 Å². The second-order valence-corrected chi connectivity index (χ2v) is 14.2. The first-order valence-electron chi connectivity index (χ1n) is 17.2. The topological polar surface area (TPSA) is 43.6 Å². The van der Waals surface area contributed by atoms with Gasteiger partial charge < -0.3 is 0 Å². The van der Waals surface area contributed by atoms with Crippen molar-refractivity contribution < 1.29 is 0 Å². The Morgan fingerprint density at radius 1 is 0.471 bits per heavy atom. The van der Waals surface area contributed by atoms with Gasteiger partial charge in [-0.3, -0.25) is 4.57 Å². The fourth-order valence-corrected chi connectivity index (χ4v) is 9.28. The molecule has 1 aliphatic carbocycles. The molecule has 1 atom stereocenters. The third-order valence-electron chi connectivity index (χ3n) is 10.4. The molecular formula is C46H28N4S. The van der Waals surface area contributed by atoms with Crippen molar-refractivity contribution in [1.29, 1.82) is 0 Å². The van der Waals surface area contributed by atoms with Gasteiger partial charge in [-0.15, -0.1) is 11.3 Å². The maximum Gasteiger partial charge on any atom is 0.238 e. The van der Waals surface area contributed by atoms with Crippen LogP contribution in [0.4, 0.5) is 0 Å². The molecular weight excluding hydrogens is 641 g/mol. The van der Waals surface area contributed by atoms with Crippen LogP contribution in [-0.4, -0.2) is 19.5 Å². The van der Waals surface area contributed by atoms with E-state index >= 15 is 0 Å². The number of para-hydroxylation sites is 1. The van der Waals surface area contributed by atoms with Crippen molar-refractivity contribution in [3.05, 3.63) is 180 Å². The lowest BCUT2D eigenvalue weighted by Crippen LogP contribution is -2.08. The number of thiophene rings is 1. The van der Waals surface area contributed by atoms with E-state index in [1.807, 2.05) is 18.2 Å². The van der Waals surface area contributed by atoms with Gasteiger partial charge in [-0.1, -0.05) is 146 Å². The summed E-state index contributed by atoms with van der Waals surface area (Å²) in [5.41, 5.74) is 10.5. The molecule has 11 rings (SSSR count). The molecule has 51 heavy (non-hydrogen) atoms. The first kappa shape index (κ1) is 28.4. The van der Waals surface area contributed by atoms with Crippen LogP contribution in [0.15, 0.2) is 164 Å². The summed E-state index contributed by atoms with van der Waals surface area (Å²) in [4.78, 5) is 15.8. The van der Waals surface area contributed by atoms with Crippen LogP contribution >= 0.6 is 11.3 Å². The summed E-state index contributed by atoms with van der Waals surface area (Å²) < 4.78 is 4.79. The molecule has 0 fully saturated rings. The minimum absolute atomic E-state index is 0.0643. The van der Waals surface area contributed by atoms with Crippen LogP contribution in [0.3, 0.4) is 0 Å². The highest BCUT2D eigenvalue weighted by Gasteiger charge is 2.34. The fourth-order valence-electron chi connectivity index (χ4n) is 8.13. The van der Waals surface area contributed by atoms with Gasteiger partial charge in [0, 0.05) is 48.0 Å². The third-order valence-corrected chi connectivity index (χ3v) is 11.5. The van der Waals surface area contributed by atoms with Crippen molar-refractivity contribution in [2.45, 2.75) is 5.92 Å². The van der Waals surface area contributed by atoms with E-state index in [0.717, 1.165) is 22.2 Å². The molecule has 0 saturated heterocycles. The maximum absolute atomic E-state index is 5.35. The summed E-state index contributed by atoms with van der Waals surface area (Å²) in [6.07, 6.45) is 0. The Hall–Kier alpha value is -6.43. The van der Waals surface area contributed by atoms with Crippen molar-refractivity contribution in [3.63, 3.8) is 0 Å². The summed E-state index contributed by atoms with van der Waals surface area (Å²) in [7, 11) is 0. The fraction of sp³-hybridized carbons (Fsp3) is 0.0217. The Bertz CT molecular complexity index is 2980. The second kappa shape index (κ2) is 11.0. The van der Waals surface area contributed by atoms with Gasteiger partial charge in [-0.2, -0.15) is 9.97 Å². The molecule has 0 amide bonds. The quantitative estimate of drug-likeness (QED) is 0.187. The SMILES string of the molecule is c1ccc(-c2nc(-c3ccc4c(c3)sc3ccccc34)nc(-n3c4ccccc4c4ccc5c(c43)C(c3ccccc3)c3ccccc3-5)n2)cc1. The van der Waals surface area contributed by atoms with E-state index in [-0.39, 0.29) is 5.92 Å². The highest BCUT2D eigenvalue weighted by atomic mass is 32.1. The lowest BCUT2D eigenvalue weighted by Gasteiger charge is -2.17. The molecule has 1 unspecified atom stereocenters. The van der Waals surface area contributed by atoms with Crippen LogP contribution in [0.1, 0.15) is 22.6 Å². The standard InChI is InChI=1S/C46H28N4S/c1-3-13-28(14-4-1)41-35-20-8-7-17-31(35)36-25-26-37-32-18-9-11-21-38(32)50(43(37)42(36)41)46-48-44(29-15-5-2-6-16-29)47-45(49-46)30-23-24-34-33-19-10-12-22-39(33)51-40(34)27-30/h1-27,41H. The highest BCUT2D eigenvalue weighted by Crippen LogP contribution is 2.52. The number of hydrogen-bond acceptors (Lipinski definition) is 4. The summed E-state index contributed by atoms with van der Waals surface area (Å²) >= 11 is 1.81. The van der Waals surface area contributed by atoms with E-state index in [1.54, 1.807) is 11.3 Å². The Morgan fingerprint density at radius 2 is 1.14 bits per heavy atom. The van der Waals surface area contributed by atoms with E-state index in [4.69, 9.17) is 15.0 Å². The van der Waals surface area contributed by atoms with Crippen molar-refractivity contribution in [2.75, 3.05) is 0 Å². The minimum Gasteiger partial charge on any atom is -0.277 e. The Kier molecular flexibility index (Phi) is 6.15. The molecule has 10 aromatic rings. The molecule has 3 heterocycles. The van der Waals surface area contributed by atoms with Crippen molar-refractivity contribution in [3.8, 4) is 39.9 Å². The average molecular weight is 669 g/mol. The molecule has 0 radical (unpaired) electrons. The number of fused-ring (bicyclic) bond motifs is 10. The van der Waals surface area contributed by atoms with E-state index in [0.29, 0.717) is 17.6 Å². The zero-order valence-electron chi connectivity index (χ0n) is 27.4. The maximum atomic E-state index is 5.35. The molecule has 0 saturated carbocycles. The van der Waals surface area contributed by atoms with Crippen LogP contribution in [-0.2, 0) is 0 Å². The number of hydrogen-bond donors (Lipinski definition) is 0. The molecule has 0 bridgehead atoms. The number of nitrogens with zero attached hydrogens (tertiary/aromatic N) is 4. The van der Waals surface area contributed by atoms with Gasteiger partial charge in [0.15, 0.2) is 11.6 Å². The highest BCUT2D eigenvalue weighted by molar-refractivity contribution is 7.25. The molecule has 0 aliphatic heterocycles. The first-order valence-corrected chi connectivity index (χ1v) is 18.1. The van der Waals surface area contributed by atoms with Crippen LogP contribution in [0.25, 0.3) is 81.8 Å². The number of benzene rings is 7. The van der Waals surface area contributed by atoms with E-state index in [9.17, 15) is 0 Å². The zero-order valence-corrected chi connectivity index (χ0v) is 28.2. The van der Waals surface area contributed by atoms with Crippen LogP contribution < -0.4 is 0 Å². The van der Waals surface area contributed by atoms with Crippen LogP contribution in [0, 0.1) is 0 Å². The number of rotatable bonds is 4. The lowest BCUT2D eigenvalue weighted by atomic mass is 9.88. The summed E-state index contributed by atoms with van der Waals surface area (Å²) in [5.74, 6) is 1.97. The lowest BCUT2D eigenvalue weighted by molar-refractivity contribution is 0.941. The summed E-state index contributed by atoms with van der Waals surface area (Å²) in [5, 5.41) is 4.89. The first-order chi connectivity index (χ1) is 25.3. The summed E-state index contributed by atoms with van der Waals surface area (Å²) in [6.45, 7) is 0. The largest absolute Gasteiger partial charge is 0.277 e. The van der Waals surface area contributed by atoms with Crippen molar-refractivity contribution in [2.24, 2.45) is 0 Å². The Labute approximate surface area is 298 Å². The van der Waals surface area contributed by atoms with Gasteiger partial charge in [0.1, 0.15) is 0 Å². The molecule has 4 nitrogen and oxygen atoms in total. The van der Waals surface area contributed by atoms with Crippen LogP contribution in [0.5, 0.6) is 0 Å². The number of aromatic nitrogens is 4. The van der Waals surface area contributed by atoms with E-state index in [1.165, 1.54) is 58.8 Å². The molecule has 7 aromatic carbocycles. The zero-order chi connectivity index (χ0) is 33.5. The van der Waals surface area contributed by atoms with Crippen molar-refractivity contribution in [1.82, 2.24) is 19.5 Å². The third kappa shape index (κ3) is 4.28. The van der Waals surface area contributed by atoms with Gasteiger partial charge in [0.2, 0.25) is 5.95 Å². The Morgan fingerprint density at radius 3 is 2.00 bits per heavy atom. The monoisotopic (exact) mass is 668 g/mol. The van der Waals surface area contributed by atoms with Gasteiger partial charge in [0.25, 0.3) is 0 Å². The van der Waals surface area contributed by atoms with Crippen molar-refractivity contribution >= 4 is 53.3 Å². The molecule has 238 valence electrons. The average Bonchev–Trinajstić information content (AvgIpc) is 3.86. The molecule has 0 N–H and O–H groups in total. The van der Waals surface area contributed by atoms with Gasteiger partial charge in [-0.25, -0.2) is 4.98 Å². The molecule has 5 heteroatoms. The smallest absolute Gasteiger partial charge is 0.238 e. The Balaban J connectivity index is 1.23. The molecule has 1 aliphatic rings. The van der Waals surface area contributed by atoms with E-state index in [2.05, 4.69) is 150 Å². The van der Waals surface area contributed by atoms with Crippen LogP contribution in [0.2, 0.25) is 0 Å². The minimum atomic E-state index is 0.0643. The predicted molar refractivity (Wildman–Crippen MR) is 211 cm³/mol. The second-order valence-electron chi connectivity index (χ2n) is 13.2. The molecule has 3 aromatic heterocycles.